The van der Waals surface area contributed by atoms with Crippen LogP contribution in [0.5, 0.6) is 0 Å². The number of rotatable bonds is 4. The average Bonchev–Trinajstić information content (AvgIpc) is 2.19. The number of hydrogen-bond donors (Lipinski definition) is 3. The molecule has 1 aromatic heterocycles. The van der Waals surface area contributed by atoms with Crippen molar-refractivity contribution in [3.05, 3.63) is 27.4 Å². The van der Waals surface area contributed by atoms with Crippen molar-refractivity contribution >= 4 is 0 Å². The highest BCUT2D eigenvalue weighted by Crippen LogP contribution is 2.05. The van der Waals surface area contributed by atoms with Gasteiger partial charge in [0.15, 0.2) is 0 Å². The molecule has 0 aromatic carbocycles. The standard InChI is InChI=1S/C10H16N2O3.ClH/c1-7-9(3-5-13)8(2)12(4-6-14)10(15)11-7;/h13-14H,3-6H2,1-2H3;1H. The maximum atomic E-state index is 11.5. The summed E-state index contributed by atoms with van der Waals surface area (Å²) in [6, 6.07) is 0. The molecule has 5 nitrogen and oxygen atoms in total. The molecule has 1 aromatic rings. The van der Waals surface area contributed by atoms with Crippen molar-refractivity contribution in [3.63, 3.8) is 0 Å². The van der Waals surface area contributed by atoms with Crippen LogP contribution in [0, 0.1) is 13.8 Å². The second-order valence-corrected chi connectivity index (χ2v) is 3.47. The molecule has 0 aliphatic carbocycles. The molecule has 0 saturated carbocycles. The van der Waals surface area contributed by atoms with Crippen LogP contribution < -0.4 is 22.7 Å². The van der Waals surface area contributed by atoms with Gasteiger partial charge >= 0.3 is 5.69 Å². The zero-order valence-corrected chi connectivity index (χ0v) is 10.2. The maximum Gasteiger partial charge on any atom is 0.496 e. The van der Waals surface area contributed by atoms with Crippen LogP contribution in [0.1, 0.15) is 17.0 Å². The van der Waals surface area contributed by atoms with E-state index in [1.807, 2.05) is 13.8 Å². The number of H-pyrrole nitrogens is 1. The van der Waals surface area contributed by atoms with Crippen LogP contribution >= 0.6 is 0 Å². The number of aliphatic hydroxyl groups excluding tert-OH is 2. The minimum atomic E-state index is -0.222. The fourth-order valence-corrected chi connectivity index (χ4v) is 1.74. The molecule has 0 amide bonds. The summed E-state index contributed by atoms with van der Waals surface area (Å²) in [6.07, 6.45) is 0.514. The minimum absolute atomic E-state index is 0. The van der Waals surface area contributed by atoms with E-state index in [9.17, 15) is 4.79 Å². The van der Waals surface area contributed by atoms with E-state index >= 15 is 0 Å². The summed E-state index contributed by atoms with van der Waals surface area (Å²) in [5, 5.41) is 17.7. The molecule has 0 radical (unpaired) electrons. The van der Waals surface area contributed by atoms with Crippen molar-refractivity contribution in [3.8, 4) is 0 Å². The van der Waals surface area contributed by atoms with Gasteiger partial charge in [-0.2, -0.15) is 9.36 Å². The van der Waals surface area contributed by atoms with Gasteiger partial charge in [-0.3, -0.25) is 0 Å². The number of halogens is 1. The highest BCUT2D eigenvalue weighted by atomic mass is 35.5. The van der Waals surface area contributed by atoms with Crippen LogP contribution in [0.25, 0.3) is 0 Å². The minimum Gasteiger partial charge on any atom is -1.00 e. The van der Waals surface area contributed by atoms with Gasteiger partial charge in [-0.05, 0) is 13.8 Å². The lowest BCUT2D eigenvalue weighted by Gasteiger charge is -2.07. The Balaban J connectivity index is 0.00000225. The molecule has 6 heteroatoms. The van der Waals surface area contributed by atoms with Gasteiger partial charge in [0.2, 0.25) is 0 Å². The second-order valence-electron chi connectivity index (χ2n) is 3.47. The summed E-state index contributed by atoms with van der Waals surface area (Å²) < 4.78 is 1.48. The molecule has 0 bridgehead atoms. The molecule has 1 heterocycles. The number of nitrogens with one attached hydrogen (secondary N) is 1. The lowest BCUT2D eigenvalue weighted by atomic mass is 10.1. The Morgan fingerprint density at radius 1 is 1.25 bits per heavy atom. The van der Waals surface area contributed by atoms with Gasteiger partial charge in [0.05, 0.1) is 6.61 Å². The Labute approximate surface area is 100 Å². The summed E-state index contributed by atoms with van der Waals surface area (Å²) >= 11 is 0. The van der Waals surface area contributed by atoms with Crippen LogP contribution in [0.2, 0.25) is 0 Å². The average molecular weight is 249 g/mol. The van der Waals surface area contributed by atoms with Crippen molar-refractivity contribution in [2.75, 3.05) is 13.2 Å². The molecular weight excluding hydrogens is 232 g/mol. The van der Waals surface area contributed by atoms with Crippen LogP contribution in [-0.4, -0.2) is 28.4 Å². The molecule has 0 unspecified atom stereocenters. The van der Waals surface area contributed by atoms with E-state index < -0.39 is 0 Å². The molecule has 1 rings (SSSR count). The Morgan fingerprint density at radius 2 is 1.88 bits per heavy atom. The first-order chi connectivity index (χ1) is 7.11. The first-order valence-corrected chi connectivity index (χ1v) is 4.95. The van der Waals surface area contributed by atoms with Crippen molar-refractivity contribution in [1.82, 2.24) is 4.98 Å². The number of aromatic amines is 1. The molecular formula is C10H17ClN2O3. The van der Waals surface area contributed by atoms with E-state index in [0.29, 0.717) is 6.42 Å². The normalized spacial score (nSPS) is 10.0. The van der Waals surface area contributed by atoms with Gasteiger partial charge in [0.25, 0.3) is 0 Å². The smallest absolute Gasteiger partial charge is 0.496 e. The summed E-state index contributed by atoms with van der Waals surface area (Å²) in [5.41, 5.74) is 2.30. The monoisotopic (exact) mass is 248 g/mol. The van der Waals surface area contributed by atoms with E-state index in [2.05, 4.69) is 4.98 Å². The lowest BCUT2D eigenvalue weighted by molar-refractivity contribution is -0.721. The molecule has 0 aliphatic heterocycles. The number of nitrogens with zero attached hydrogens (tertiary/aromatic N) is 1. The number of aromatic nitrogens is 2. The number of aliphatic hydroxyl groups is 2. The second kappa shape index (κ2) is 6.62. The van der Waals surface area contributed by atoms with Gasteiger partial charge in [0.1, 0.15) is 17.9 Å². The third kappa shape index (κ3) is 3.04. The van der Waals surface area contributed by atoms with E-state index in [1.165, 1.54) is 4.57 Å². The largest absolute Gasteiger partial charge is 1.00 e. The van der Waals surface area contributed by atoms with Crippen molar-refractivity contribution in [2.45, 2.75) is 26.8 Å². The maximum absolute atomic E-state index is 11.5. The quantitative estimate of drug-likeness (QED) is 0.473. The van der Waals surface area contributed by atoms with E-state index in [-0.39, 0.29) is 37.9 Å². The predicted octanol–water partition coefficient (Wildman–Crippen LogP) is -4.19. The Bertz CT molecular complexity index is 404. The van der Waals surface area contributed by atoms with Crippen LogP contribution in [0.3, 0.4) is 0 Å². The van der Waals surface area contributed by atoms with Crippen LogP contribution in [-0.2, 0) is 13.0 Å². The van der Waals surface area contributed by atoms with Crippen molar-refractivity contribution in [2.24, 2.45) is 0 Å². The van der Waals surface area contributed by atoms with Crippen LogP contribution in [0.4, 0.5) is 0 Å². The molecule has 92 valence electrons. The summed E-state index contributed by atoms with van der Waals surface area (Å²) in [6.45, 7) is 3.88. The fraction of sp³-hybridized carbons (Fsp3) is 0.600. The molecule has 0 saturated heterocycles. The van der Waals surface area contributed by atoms with Gasteiger partial charge in [-0.1, -0.05) is 0 Å². The zero-order chi connectivity index (χ0) is 11.4. The Kier molecular flexibility index (Phi) is 6.25. The third-order valence-electron chi connectivity index (χ3n) is 2.52. The van der Waals surface area contributed by atoms with Gasteiger partial charge < -0.3 is 22.6 Å². The Morgan fingerprint density at radius 3 is 2.38 bits per heavy atom. The molecule has 3 N–H and O–H groups in total. The third-order valence-corrected chi connectivity index (χ3v) is 2.52. The SMILES string of the molecule is Cc1[nH]c(=O)[n+](CCO)c(C)c1CCO.[Cl-]. The fourth-order valence-electron chi connectivity index (χ4n) is 1.74. The molecule has 0 atom stereocenters. The zero-order valence-electron chi connectivity index (χ0n) is 9.46. The van der Waals surface area contributed by atoms with Crippen molar-refractivity contribution in [1.29, 1.82) is 0 Å². The highest BCUT2D eigenvalue weighted by molar-refractivity contribution is 5.19. The van der Waals surface area contributed by atoms with E-state index in [1.54, 1.807) is 0 Å². The Hall–Kier alpha value is -0.910. The number of hydrogen-bond acceptors (Lipinski definition) is 3. The predicted molar refractivity (Wildman–Crippen MR) is 54.6 cm³/mol. The van der Waals surface area contributed by atoms with Gasteiger partial charge in [-0.15, -0.1) is 0 Å². The molecule has 16 heavy (non-hydrogen) atoms. The van der Waals surface area contributed by atoms with Gasteiger partial charge in [0, 0.05) is 18.6 Å². The molecule has 0 fully saturated rings. The highest BCUT2D eigenvalue weighted by Gasteiger charge is 2.16. The van der Waals surface area contributed by atoms with Gasteiger partial charge in [-0.25, -0.2) is 4.98 Å². The first-order valence-electron chi connectivity index (χ1n) is 4.95. The summed E-state index contributed by atoms with van der Waals surface area (Å²) in [5.74, 6) is 0. The first kappa shape index (κ1) is 15.1. The molecule has 0 spiro atoms. The molecule has 0 aliphatic rings. The number of aryl methyl sites for hydroxylation is 1. The summed E-state index contributed by atoms with van der Waals surface area (Å²) in [7, 11) is 0. The van der Waals surface area contributed by atoms with Crippen molar-refractivity contribution < 1.29 is 27.2 Å². The van der Waals surface area contributed by atoms with E-state index in [0.717, 1.165) is 17.0 Å². The summed E-state index contributed by atoms with van der Waals surface area (Å²) in [4.78, 5) is 14.2. The lowest BCUT2D eigenvalue weighted by Crippen LogP contribution is -3.00. The topological polar surface area (TPSA) is 77.2 Å². The van der Waals surface area contributed by atoms with Crippen LogP contribution in [0.15, 0.2) is 4.79 Å². The van der Waals surface area contributed by atoms with E-state index in [4.69, 9.17) is 10.2 Å².